The third kappa shape index (κ3) is 1.31. The molecule has 1 fully saturated rings. The van der Waals surface area contributed by atoms with Crippen LogP contribution in [0.5, 0.6) is 0 Å². The van der Waals surface area contributed by atoms with Crippen LogP contribution in [0.2, 0.25) is 0 Å². The molecule has 0 spiro atoms. The highest BCUT2D eigenvalue weighted by atomic mass is 16.7. The smallest absolute Gasteiger partial charge is 0.0845 e. The lowest BCUT2D eigenvalue weighted by atomic mass is 9.94. The normalized spacial score (nSPS) is 41.7. The van der Waals surface area contributed by atoms with Crippen molar-refractivity contribution in [3.63, 3.8) is 0 Å². The Morgan fingerprint density at radius 2 is 2.40 bits per heavy atom. The molecule has 1 unspecified atom stereocenters. The Morgan fingerprint density at radius 3 is 2.80 bits per heavy atom. The zero-order valence-corrected chi connectivity index (χ0v) is 6.81. The predicted molar refractivity (Wildman–Crippen MR) is 38.6 cm³/mol. The largest absolute Gasteiger partial charge is 0.377 e. The maximum atomic E-state index is 5.35. The van der Waals surface area contributed by atoms with Gasteiger partial charge in [-0.15, -0.1) is 0 Å². The van der Waals surface area contributed by atoms with Crippen LogP contribution in [0.3, 0.4) is 0 Å². The van der Waals surface area contributed by atoms with E-state index < -0.39 is 0 Å². The molecular weight excluding hydrogens is 130 g/mol. The van der Waals surface area contributed by atoms with Crippen molar-refractivity contribution >= 4 is 0 Å². The van der Waals surface area contributed by atoms with Crippen molar-refractivity contribution in [2.75, 3.05) is 13.7 Å². The van der Waals surface area contributed by atoms with Gasteiger partial charge < -0.3 is 9.57 Å². The van der Waals surface area contributed by atoms with Crippen molar-refractivity contribution in [3.05, 3.63) is 0 Å². The van der Waals surface area contributed by atoms with E-state index in [1.807, 2.05) is 0 Å². The Bertz CT molecular complexity index is 118. The van der Waals surface area contributed by atoms with Crippen molar-refractivity contribution < 1.29 is 9.57 Å². The van der Waals surface area contributed by atoms with E-state index in [4.69, 9.17) is 9.57 Å². The number of hydrogen-bond acceptors (Lipinski definition) is 3. The lowest BCUT2D eigenvalue weighted by Gasteiger charge is -2.38. The summed E-state index contributed by atoms with van der Waals surface area (Å²) >= 11 is 0. The summed E-state index contributed by atoms with van der Waals surface area (Å²) < 4.78 is 5.35. The molecule has 1 aliphatic rings. The molecule has 1 aliphatic heterocycles. The van der Waals surface area contributed by atoms with E-state index >= 15 is 0 Å². The number of nitrogens with one attached hydrogen (secondary N) is 1. The second-order valence-corrected chi connectivity index (χ2v) is 2.95. The second kappa shape index (κ2) is 2.86. The Kier molecular flexibility index (Phi) is 2.28. The zero-order chi connectivity index (χ0) is 7.61. The van der Waals surface area contributed by atoms with Crippen LogP contribution in [0.15, 0.2) is 0 Å². The van der Waals surface area contributed by atoms with E-state index in [2.05, 4.69) is 19.3 Å². The molecule has 3 heteroatoms. The molecule has 0 aromatic carbocycles. The Balaban J connectivity index is 2.54. The average molecular weight is 145 g/mol. The van der Waals surface area contributed by atoms with E-state index in [0.29, 0.717) is 0 Å². The molecule has 0 amide bonds. The van der Waals surface area contributed by atoms with Crippen LogP contribution < -0.4 is 5.48 Å². The molecule has 1 heterocycles. The number of rotatable bonds is 1. The van der Waals surface area contributed by atoms with Crippen molar-refractivity contribution in [2.45, 2.75) is 31.9 Å². The Labute approximate surface area is 61.7 Å². The Hall–Kier alpha value is -0.120. The lowest BCUT2D eigenvalue weighted by Crippen LogP contribution is -2.53. The van der Waals surface area contributed by atoms with Crippen LogP contribution in [0.25, 0.3) is 0 Å². The quantitative estimate of drug-likeness (QED) is 0.589. The molecule has 1 rings (SSSR count). The summed E-state index contributed by atoms with van der Waals surface area (Å²) in [5.74, 6) is 0. The predicted octanol–water partition coefficient (Wildman–Crippen LogP) is 0.705. The standard InChI is InChI=1S/C7H15NO2/c1-6-7(2,9-3)4-5-10-8-6/h6,8H,4-5H2,1-3H3/t6-,7?/m1/s1. The first-order chi connectivity index (χ1) is 4.69. The van der Waals surface area contributed by atoms with Crippen LogP contribution in [0.1, 0.15) is 20.3 Å². The van der Waals surface area contributed by atoms with E-state index in [1.54, 1.807) is 7.11 Å². The highest BCUT2D eigenvalue weighted by Crippen LogP contribution is 2.22. The summed E-state index contributed by atoms with van der Waals surface area (Å²) in [4.78, 5) is 5.05. The second-order valence-electron chi connectivity index (χ2n) is 2.95. The summed E-state index contributed by atoms with van der Waals surface area (Å²) in [5.41, 5.74) is 2.84. The van der Waals surface area contributed by atoms with Crippen LogP contribution in [-0.4, -0.2) is 25.4 Å². The van der Waals surface area contributed by atoms with Crippen LogP contribution in [0.4, 0.5) is 0 Å². The first-order valence-electron chi connectivity index (χ1n) is 3.61. The summed E-state index contributed by atoms with van der Waals surface area (Å²) in [6, 6.07) is 0.270. The summed E-state index contributed by atoms with van der Waals surface area (Å²) in [6.45, 7) is 4.88. The van der Waals surface area contributed by atoms with Gasteiger partial charge in [0.1, 0.15) is 0 Å². The third-order valence-electron chi connectivity index (χ3n) is 2.34. The molecule has 2 atom stereocenters. The highest BCUT2D eigenvalue weighted by Gasteiger charge is 2.33. The van der Waals surface area contributed by atoms with E-state index in [-0.39, 0.29) is 11.6 Å². The van der Waals surface area contributed by atoms with Gasteiger partial charge in [0.2, 0.25) is 0 Å². The minimum absolute atomic E-state index is 0.0573. The third-order valence-corrected chi connectivity index (χ3v) is 2.34. The molecule has 0 saturated carbocycles. The van der Waals surface area contributed by atoms with E-state index in [0.717, 1.165) is 13.0 Å². The topological polar surface area (TPSA) is 30.5 Å². The van der Waals surface area contributed by atoms with Crippen molar-refractivity contribution in [1.82, 2.24) is 5.48 Å². The van der Waals surface area contributed by atoms with E-state index in [1.165, 1.54) is 0 Å². The van der Waals surface area contributed by atoms with Gasteiger partial charge in [-0.2, -0.15) is 5.48 Å². The molecule has 0 aromatic rings. The van der Waals surface area contributed by atoms with Crippen LogP contribution in [-0.2, 0) is 9.57 Å². The fourth-order valence-corrected chi connectivity index (χ4v) is 1.06. The van der Waals surface area contributed by atoms with Gasteiger partial charge in [0, 0.05) is 13.5 Å². The van der Waals surface area contributed by atoms with Crippen molar-refractivity contribution in [1.29, 1.82) is 0 Å². The monoisotopic (exact) mass is 145 g/mol. The summed E-state index contributed by atoms with van der Waals surface area (Å²) in [6.07, 6.45) is 0.956. The van der Waals surface area contributed by atoms with Gasteiger partial charge in [0.05, 0.1) is 18.2 Å². The highest BCUT2D eigenvalue weighted by molar-refractivity contribution is 4.86. The Morgan fingerprint density at radius 1 is 1.70 bits per heavy atom. The minimum atomic E-state index is -0.0573. The zero-order valence-electron chi connectivity index (χ0n) is 6.81. The SMILES string of the molecule is COC1(C)CCON[C@@H]1C. The van der Waals surface area contributed by atoms with Crippen LogP contribution in [0, 0.1) is 0 Å². The number of ether oxygens (including phenoxy) is 1. The van der Waals surface area contributed by atoms with Gasteiger partial charge >= 0.3 is 0 Å². The van der Waals surface area contributed by atoms with Gasteiger partial charge in [-0.3, -0.25) is 0 Å². The van der Waals surface area contributed by atoms with Gasteiger partial charge in [-0.25, -0.2) is 0 Å². The molecule has 60 valence electrons. The van der Waals surface area contributed by atoms with E-state index in [9.17, 15) is 0 Å². The van der Waals surface area contributed by atoms with Gasteiger partial charge in [0.15, 0.2) is 0 Å². The first kappa shape index (κ1) is 7.98. The number of hydroxylamine groups is 1. The number of methoxy groups -OCH3 is 1. The molecule has 0 aliphatic carbocycles. The van der Waals surface area contributed by atoms with Crippen molar-refractivity contribution in [3.8, 4) is 0 Å². The van der Waals surface area contributed by atoms with Gasteiger partial charge in [-0.05, 0) is 13.8 Å². The van der Waals surface area contributed by atoms with Crippen molar-refractivity contribution in [2.24, 2.45) is 0 Å². The van der Waals surface area contributed by atoms with Gasteiger partial charge in [0.25, 0.3) is 0 Å². The fraction of sp³-hybridized carbons (Fsp3) is 1.00. The summed E-state index contributed by atoms with van der Waals surface area (Å²) in [5, 5.41) is 0. The molecule has 0 radical (unpaired) electrons. The molecular formula is C7H15NO2. The molecule has 0 aromatic heterocycles. The fourth-order valence-electron chi connectivity index (χ4n) is 1.06. The maximum Gasteiger partial charge on any atom is 0.0845 e. The van der Waals surface area contributed by atoms with Crippen LogP contribution >= 0.6 is 0 Å². The minimum Gasteiger partial charge on any atom is -0.377 e. The molecule has 3 nitrogen and oxygen atoms in total. The first-order valence-corrected chi connectivity index (χ1v) is 3.61. The summed E-state index contributed by atoms with van der Waals surface area (Å²) in [7, 11) is 1.74. The molecule has 10 heavy (non-hydrogen) atoms. The maximum absolute atomic E-state index is 5.35. The molecule has 0 bridgehead atoms. The van der Waals surface area contributed by atoms with Gasteiger partial charge in [-0.1, -0.05) is 0 Å². The average Bonchev–Trinajstić information content (AvgIpc) is 1.96. The molecule has 1 N–H and O–H groups in total. The molecule has 1 saturated heterocycles. The number of hydrogen-bond donors (Lipinski definition) is 1. The lowest BCUT2D eigenvalue weighted by molar-refractivity contribution is -0.137.